The van der Waals surface area contributed by atoms with E-state index in [0.29, 0.717) is 6.42 Å². The Morgan fingerprint density at radius 2 is 2.00 bits per heavy atom. The van der Waals surface area contributed by atoms with Gasteiger partial charge in [0.05, 0.1) is 11.6 Å². The van der Waals surface area contributed by atoms with Crippen molar-refractivity contribution in [2.24, 2.45) is 0 Å². The van der Waals surface area contributed by atoms with Gasteiger partial charge in [0.2, 0.25) is 0 Å². The van der Waals surface area contributed by atoms with Crippen LogP contribution >= 0.6 is 0 Å². The predicted molar refractivity (Wildman–Crippen MR) is 85.0 cm³/mol. The van der Waals surface area contributed by atoms with Gasteiger partial charge in [0, 0.05) is 12.1 Å². The summed E-state index contributed by atoms with van der Waals surface area (Å²) in [5.41, 5.74) is 0.132. The highest BCUT2D eigenvalue weighted by Gasteiger charge is 2.24. The molecule has 20 heavy (non-hydrogen) atoms. The van der Waals surface area contributed by atoms with Gasteiger partial charge in [-0.3, -0.25) is 0 Å². The van der Waals surface area contributed by atoms with Gasteiger partial charge in [-0.1, -0.05) is 38.2 Å². The van der Waals surface area contributed by atoms with Crippen LogP contribution in [0, 0.1) is 0 Å². The van der Waals surface area contributed by atoms with Gasteiger partial charge in [-0.05, 0) is 45.4 Å². The second-order valence-corrected chi connectivity index (χ2v) is 5.82. The van der Waals surface area contributed by atoms with Gasteiger partial charge in [0.25, 0.3) is 0 Å². The molecule has 114 valence electrons. The minimum absolute atomic E-state index is 0.0131. The molecule has 0 unspecified atom stereocenters. The molecule has 0 spiro atoms. The maximum atomic E-state index is 12.9. The summed E-state index contributed by atoms with van der Waals surface area (Å²) in [4.78, 5) is 0. The molecule has 0 saturated heterocycles. The standard InChI is InChI=1S/C17H29FN2/c1-4-16(18)11-7-5-6-10-14-19-15(2)20-17(3)12-8-9-13-17/h8-9,11,19-20H,2,4-7,10,12-14H2,1,3H3/b16-11-. The molecule has 0 bridgehead atoms. The van der Waals surface area contributed by atoms with Crippen LogP contribution in [0.2, 0.25) is 0 Å². The summed E-state index contributed by atoms with van der Waals surface area (Å²) in [6, 6.07) is 0. The molecule has 0 atom stereocenters. The average Bonchev–Trinajstić information content (AvgIpc) is 2.83. The van der Waals surface area contributed by atoms with E-state index < -0.39 is 0 Å². The fourth-order valence-electron chi connectivity index (χ4n) is 2.37. The predicted octanol–water partition coefficient (Wildman–Crippen LogP) is 4.57. The second-order valence-electron chi connectivity index (χ2n) is 5.82. The molecule has 0 aromatic heterocycles. The summed E-state index contributed by atoms with van der Waals surface area (Å²) >= 11 is 0. The Balaban J connectivity index is 2.00. The summed E-state index contributed by atoms with van der Waals surface area (Å²) in [5.74, 6) is 0.923. The molecule has 0 aliphatic heterocycles. The Kier molecular flexibility index (Phi) is 7.42. The molecule has 0 aromatic rings. The maximum Gasteiger partial charge on any atom is 0.0957 e. The van der Waals surface area contributed by atoms with Crippen molar-refractivity contribution in [3.05, 3.63) is 36.5 Å². The highest BCUT2D eigenvalue weighted by Crippen LogP contribution is 2.23. The number of hydrogen-bond acceptors (Lipinski definition) is 2. The lowest BCUT2D eigenvalue weighted by molar-refractivity contribution is 0.401. The summed E-state index contributed by atoms with van der Waals surface area (Å²) < 4.78 is 12.9. The quantitative estimate of drug-likeness (QED) is 0.452. The highest BCUT2D eigenvalue weighted by molar-refractivity contribution is 5.10. The van der Waals surface area contributed by atoms with Crippen molar-refractivity contribution in [1.82, 2.24) is 10.6 Å². The van der Waals surface area contributed by atoms with Crippen LogP contribution in [-0.2, 0) is 0 Å². The number of allylic oxidation sites excluding steroid dienone is 2. The third-order valence-corrected chi connectivity index (χ3v) is 3.68. The lowest BCUT2D eigenvalue weighted by Gasteiger charge is -2.28. The molecule has 2 nitrogen and oxygen atoms in total. The first kappa shape index (κ1) is 16.8. The van der Waals surface area contributed by atoms with Crippen molar-refractivity contribution >= 4 is 0 Å². The molecule has 1 rings (SSSR count). The highest BCUT2D eigenvalue weighted by atomic mass is 19.1. The summed E-state index contributed by atoms with van der Waals surface area (Å²) in [5, 5.41) is 6.78. The van der Waals surface area contributed by atoms with E-state index in [4.69, 9.17) is 0 Å². The molecule has 1 aliphatic rings. The Morgan fingerprint density at radius 3 is 2.65 bits per heavy atom. The van der Waals surface area contributed by atoms with Crippen molar-refractivity contribution < 1.29 is 4.39 Å². The Labute approximate surface area is 123 Å². The third-order valence-electron chi connectivity index (χ3n) is 3.68. The zero-order valence-corrected chi connectivity index (χ0v) is 13.0. The van der Waals surface area contributed by atoms with E-state index in [0.717, 1.165) is 50.9 Å². The van der Waals surface area contributed by atoms with Crippen LogP contribution in [0.5, 0.6) is 0 Å². The molecular formula is C17H29FN2. The zero-order valence-electron chi connectivity index (χ0n) is 13.0. The van der Waals surface area contributed by atoms with E-state index in [1.807, 2.05) is 6.92 Å². The van der Waals surface area contributed by atoms with Crippen LogP contribution in [0.15, 0.2) is 36.5 Å². The van der Waals surface area contributed by atoms with E-state index in [2.05, 4.69) is 36.3 Å². The molecule has 0 heterocycles. The minimum Gasteiger partial charge on any atom is -0.372 e. The van der Waals surface area contributed by atoms with E-state index in [1.165, 1.54) is 0 Å². The molecule has 3 heteroatoms. The lowest BCUT2D eigenvalue weighted by Crippen LogP contribution is -2.42. The molecule has 0 saturated carbocycles. The van der Waals surface area contributed by atoms with Crippen LogP contribution in [0.1, 0.15) is 58.8 Å². The molecule has 0 fully saturated rings. The number of rotatable bonds is 10. The smallest absolute Gasteiger partial charge is 0.0957 e. The second kappa shape index (κ2) is 8.83. The van der Waals surface area contributed by atoms with Gasteiger partial charge in [0.15, 0.2) is 0 Å². The number of unbranched alkanes of at least 4 members (excludes halogenated alkanes) is 3. The van der Waals surface area contributed by atoms with E-state index >= 15 is 0 Å². The largest absolute Gasteiger partial charge is 0.372 e. The van der Waals surface area contributed by atoms with Gasteiger partial charge in [-0.25, -0.2) is 4.39 Å². The van der Waals surface area contributed by atoms with Crippen molar-refractivity contribution in [1.29, 1.82) is 0 Å². The first-order valence-corrected chi connectivity index (χ1v) is 7.76. The van der Waals surface area contributed by atoms with Gasteiger partial charge >= 0.3 is 0 Å². The Bertz CT molecular complexity index is 350. The van der Waals surface area contributed by atoms with Crippen molar-refractivity contribution in [2.75, 3.05) is 6.54 Å². The van der Waals surface area contributed by atoms with Crippen molar-refractivity contribution in [2.45, 2.75) is 64.3 Å². The van der Waals surface area contributed by atoms with E-state index in [9.17, 15) is 4.39 Å². The van der Waals surface area contributed by atoms with Crippen LogP contribution in [0.25, 0.3) is 0 Å². The van der Waals surface area contributed by atoms with Crippen LogP contribution in [0.4, 0.5) is 4.39 Å². The minimum atomic E-state index is 0.0131. The van der Waals surface area contributed by atoms with E-state index in [1.54, 1.807) is 6.08 Å². The zero-order chi connectivity index (χ0) is 14.8. The van der Waals surface area contributed by atoms with Crippen LogP contribution in [-0.4, -0.2) is 12.1 Å². The average molecular weight is 280 g/mol. The summed E-state index contributed by atoms with van der Waals surface area (Å²) in [6.45, 7) is 9.01. The maximum absolute atomic E-state index is 12.9. The first-order valence-electron chi connectivity index (χ1n) is 7.76. The number of hydrogen-bond donors (Lipinski definition) is 2. The fourth-order valence-corrected chi connectivity index (χ4v) is 2.37. The Hall–Kier alpha value is -1.25. The lowest BCUT2D eigenvalue weighted by atomic mass is 10.00. The molecule has 0 aromatic carbocycles. The topological polar surface area (TPSA) is 24.1 Å². The van der Waals surface area contributed by atoms with Gasteiger partial charge in [-0.2, -0.15) is 0 Å². The molecule has 2 N–H and O–H groups in total. The van der Waals surface area contributed by atoms with Gasteiger partial charge in [-0.15, -0.1) is 0 Å². The molecule has 0 radical (unpaired) electrons. The Morgan fingerprint density at radius 1 is 1.30 bits per heavy atom. The molecular weight excluding hydrogens is 251 g/mol. The van der Waals surface area contributed by atoms with Crippen molar-refractivity contribution in [3.63, 3.8) is 0 Å². The normalized spacial score (nSPS) is 17.2. The summed E-state index contributed by atoms with van der Waals surface area (Å²) in [7, 11) is 0. The van der Waals surface area contributed by atoms with Gasteiger partial charge in [0.1, 0.15) is 0 Å². The van der Waals surface area contributed by atoms with Crippen LogP contribution < -0.4 is 10.6 Å². The number of halogens is 1. The number of nitrogens with one attached hydrogen (secondary N) is 2. The van der Waals surface area contributed by atoms with Crippen LogP contribution in [0.3, 0.4) is 0 Å². The molecule has 1 aliphatic carbocycles. The fraction of sp³-hybridized carbons (Fsp3) is 0.647. The first-order chi connectivity index (χ1) is 9.56. The third kappa shape index (κ3) is 6.78. The van der Waals surface area contributed by atoms with Crippen molar-refractivity contribution in [3.8, 4) is 0 Å². The monoisotopic (exact) mass is 280 g/mol. The summed E-state index contributed by atoms with van der Waals surface area (Å²) in [6.07, 6.45) is 12.9. The SMILES string of the molecule is C=C(NCCCCC/C=C(\F)CC)NC1(C)CC=CC1. The van der Waals surface area contributed by atoms with E-state index in [-0.39, 0.29) is 11.4 Å². The van der Waals surface area contributed by atoms with Gasteiger partial charge < -0.3 is 10.6 Å². The molecule has 0 amide bonds.